The van der Waals surface area contributed by atoms with Gasteiger partial charge in [0.2, 0.25) is 17.7 Å². The molecule has 0 bridgehead atoms. The number of carboxylic acids is 2. The number of carbonyl (C=O) groups excluding carboxylic acids is 3. The SMILES string of the molecule is CNC(C(=O)NC(C(=O)N(C)C(/C=C(\C)C(=O)NC(CCC(=O)O)C(=O)O)C(C)C)C(C)(C)C)C(C)(C)c1ccc(O)cc1. The van der Waals surface area contributed by atoms with E-state index in [1.807, 2.05) is 48.5 Å². The summed E-state index contributed by atoms with van der Waals surface area (Å²) >= 11 is 0. The second kappa shape index (κ2) is 15.7. The van der Waals surface area contributed by atoms with Gasteiger partial charge in [-0.15, -0.1) is 0 Å². The van der Waals surface area contributed by atoms with Crippen molar-refractivity contribution in [3.05, 3.63) is 41.5 Å². The van der Waals surface area contributed by atoms with Crippen molar-refractivity contribution >= 4 is 29.7 Å². The number of aromatic hydroxyl groups is 1. The maximum Gasteiger partial charge on any atom is 0.326 e. The lowest BCUT2D eigenvalue weighted by Crippen LogP contribution is -2.61. The number of carboxylic acid groups (broad SMARTS) is 2. The Labute approximate surface area is 260 Å². The van der Waals surface area contributed by atoms with Crippen LogP contribution in [0.15, 0.2) is 35.9 Å². The second-order valence-corrected chi connectivity index (χ2v) is 13.1. The number of nitrogens with one attached hydrogen (secondary N) is 3. The fourth-order valence-corrected chi connectivity index (χ4v) is 4.98. The van der Waals surface area contributed by atoms with Gasteiger partial charge in [-0.1, -0.05) is 66.7 Å². The summed E-state index contributed by atoms with van der Waals surface area (Å²) in [5, 5.41) is 36.4. The van der Waals surface area contributed by atoms with E-state index in [-0.39, 0.29) is 35.5 Å². The molecule has 1 aromatic carbocycles. The first-order valence-electron chi connectivity index (χ1n) is 14.6. The lowest BCUT2D eigenvalue weighted by molar-refractivity contribution is -0.142. The fraction of sp³-hybridized carbons (Fsp3) is 0.594. The predicted octanol–water partition coefficient (Wildman–Crippen LogP) is 2.65. The largest absolute Gasteiger partial charge is 0.508 e. The summed E-state index contributed by atoms with van der Waals surface area (Å²) in [7, 11) is 3.25. The van der Waals surface area contributed by atoms with E-state index in [0.29, 0.717) is 0 Å². The molecule has 0 heterocycles. The molecule has 0 aromatic heterocycles. The zero-order chi connectivity index (χ0) is 34.2. The first kappa shape index (κ1) is 38.1. The number of phenolic OH excluding ortho intramolecular Hbond substituents is 1. The van der Waals surface area contributed by atoms with Crippen molar-refractivity contribution in [2.45, 2.75) is 97.8 Å². The monoisotopic (exact) mass is 618 g/mol. The molecule has 0 spiro atoms. The lowest BCUT2D eigenvalue weighted by Gasteiger charge is -2.40. The van der Waals surface area contributed by atoms with Gasteiger partial charge in [0.1, 0.15) is 17.8 Å². The van der Waals surface area contributed by atoms with Crippen LogP contribution in [0.2, 0.25) is 0 Å². The van der Waals surface area contributed by atoms with E-state index in [4.69, 9.17) is 5.11 Å². The van der Waals surface area contributed by atoms with E-state index in [2.05, 4.69) is 16.0 Å². The molecule has 0 fully saturated rings. The average Bonchev–Trinajstić information content (AvgIpc) is 2.90. The number of phenols is 1. The highest BCUT2D eigenvalue weighted by atomic mass is 16.4. The molecule has 246 valence electrons. The summed E-state index contributed by atoms with van der Waals surface area (Å²) < 4.78 is 0. The minimum atomic E-state index is -1.38. The molecule has 6 N–H and O–H groups in total. The standard InChI is InChI=1S/C32H50N4O8/c1-18(2)23(17-19(3)27(40)34-22(30(43)44)15-16-24(38)39)36(10)29(42)26(31(4,5)6)35-28(41)25(33-9)32(7,8)20-11-13-21(37)14-12-20/h11-14,17-18,22-23,25-26,33,37H,15-16H2,1-10H3,(H,34,40)(H,35,41)(H,38,39)(H,43,44)/b19-17+. The summed E-state index contributed by atoms with van der Waals surface area (Å²) in [6, 6.07) is 2.95. The Morgan fingerprint density at radius 1 is 0.932 bits per heavy atom. The van der Waals surface area contributed by atoms with Crippen molar-refractivity contribution in [2.24, 2.45) is 11.3 Å². The Morgan fingerprint density at radius 3 is 1.91 bits per heavy atom. The lowest BCUT2D eigenvalue weighted by atomic mass is 9.76. The van der Waals surface area contributed by atoms with Crippen molar-refractivity contribution in [1.82, 2.24) is 20.9 Å². The maximum atomic E-state index is 14.0. The van der Waals surface area contributed by atoms with Crippen LogP contribution in [0.4, 0.5) is 0 Å². The Hall–Kier alpha value is -3.93. The molecule has 4 atom stereocenters. The summed E-state index contributed by atoms with van der Waals surface area (Å²) in [5.41, 5.74) is -0.437. The van der Waals surface area contributed by atoms with Crippen LogP contribution in [-0.4, -0.2) is 88.1 Å². The van der Waals surface area contributed by atoms with Crippen LogP contribution in [0.1, 0.15) is 73.8 Å². The van der Waals surface area contributed by atoms with Crippen LogP contribution in [0.5, 0.6) is 5.75 Å². The van der Waals surface area contributed by atoms with Crippen LogP contribution in [0.3, 0.4) is 0 Å². The molecule has 0 aliphatic heterocycles. The minimum absolute atomic E-state index is 0.109. The number of nitrogens with zero attached hydrogens (tertiary/aromatic N) is 1. The van der Waals surface area contributed by atoms with E-state index >= 15 is 0 Å². The van der Waals surface area contributed by atoms with Gasteiger partial charge in [0, 0.05) is 24.5 Å². The zero-order valence-corrected chi connectivity index (χ0v) is 27.5. The van der Waals surface area contributed by atoms with Gasteiger partial charge < -0.3 is 36.2 Å². The van der Waals surface area contributed by atoms with E-state index in [1.165, 1.54) is 11.8 Å². The number of amides is 3. The summed E-state index contributed by atoms with van der Waals surface area (Å²) in [5.74, 6) is -4.04. The molecule has 1 rings (SSSR count). The van der Waals surface area contributed by atoms with Gasteiger partial charge in [-0.2, -0.15) is 0 Å². The molecule has 0 saturated heterocycles. The Bertz CT molecular complexity index is 1220. The Kier molecular flexibility index (Phi) is 13.6. The second-order valence-electron chi connectivity index (χ2n) is 13.1. The molecule has 0 aliphatic rings. The van der Waals surface area contributed by atoms with Crippen molar-refractivity contribution in [3.8, 4) is 5.75 Å². The van der Waals surface area contributed by atoms with Crippen molar-refractivity contribution in [2.75, 3.05) is 14.1 Å². The van der Waals surface area contributed by atoms with Gasteiger partial charge in [-0.25, -0.2) is 4.79 Å². The van der Waals surface area contributed by atoms with Gasteiger partial charge in [-0.05, 0) is 49.4 Å². The molecule has 3 amide bonds. The highest BCUT2D eigenvalue weighted by molar-refractivity contribution is 5.96. The molecule has 12 heteroatoms. The van der Waals surface area contributed by atoms with Crippen LogP contribution in [-0.2, 0) is 29.4 Å². The van der Waals surface area contributed by atoms with Gasteiger partial charge in [0.25, 0.3) is 0 Å². The number of hydrogen-bond acceptors (Lipinski definition) is 7. The molecular weight excluding hydrogens is 568 g/mol. The van der Waals surface area contributed by atoms with Crippen LogP contribution >= 0.6 is 0 Å². The molecule has 0 aliphatic carbocycles. The fourth-order valence-electron chi connectivity index (χ4n) is 4.98. The zero-order valence-electron chi connectivity index (χ0n) is 27.5. The number of likely N-dealkylation sites (N-methyl/N-ethyl adjacent to an activating group) is 2. The van der Waals surface area contributed by atoms with Gasteiger partial charge >= 0.3 is 11.9 Å². The van der Waals surface area contributed by atoms with Crippen LogP contribution in [0.25, 0.3) is 0 Å². The predicted molar refractivity (Wildman–Crippen MR) is 167 cm³/mol. The van der Waals surface area contributed by atoms with Gasteiger partial charge in [0.05, 0.1) is 12.1 Å². The van der Waals surface area contributed by atoms with Crippen molar-refractivity contribution in [1.29, 1.82) is 0 Å². The number of carbonyl (C=O) groups is 5. The Morgan fingerprint density at radius 2 is 1.48 bits per heavy atom. The third-order valence-electron chi connectivity index (χ3n) is 7.79. The normalized spacial score (nSPS) is 15.1. The molecular formula is C32H50N4O8. The van der Waals surface area contributed by atoms with E-state index < -0.39 is 59.3 Å². The van der Waals surface area contributed by atoms with Gasteiger partial charge in [-0.3, -0.25) is 19.2 Å². The number of aliphatic carboxylic acids is 2. The molecule has 0 radical (unpaired) electrons. The van der Waals surface area contributed by atoms with Crippen LogP contribution in [0, 0.1) is 11.3 Å². The minimum Gasteiger partial charge on any atom is -0.508 e. The third-order valence-corrected chi connectivity index (χ3v) is 7.79. The van der Waals surface area contributed by atoms with E-state index in [9.17, 15) is 34.2 Å². The quantitative estimate of drug-likeness (QED) is 0.161. The highest BCUT2D eigenvalue weighted by Crippen LogP contribution is 2.30. The van der Waals surface area contributed by atoms with Crippen molar-refractivity contribution in [3.63, 3.8) is 0 Å². The number of benzene rings is 1. The molecule has 0 saturated carbocycles. The summed E-state index contributed by atoms with van der Waals surface area (Å²) in [6.45, 7) is 14.5. The third kappa shape index (κ3) is 10.4. The van der Waals surface area contributed by atoms with Gasteiger partial charge in [0.15, 0.2) is 0 Å². The van der Waals surface area contributed by atoms with E-state index in [0.717, 1.165) is 5.56 Å². The smallest absolute Gasteiger partial charge is 0.326 e. The first-order chi connectivity index (χ1) is 20.1. The summed E-state index contributed by atoms with van der Waals surface area (Å²) in [6.07, 6.45) is 0.867. The maximum absolute atomic E-state index is 14.0. The molecule has 44 heavy (non-hydrogen) atoms. The highest BCUT2D eigenvalue weighted by Gasteiger charge is 2.41. The molecule has 1 aromatic rings. The van der Waals surface area contributed by atoms with Crippen molar-refractivity contribution < 1.29 is 39.3 Å². The number of rotatable bonds is 15. The number of hydrogen-bond donors (Lipinski definition) is 6. The summed E-state index contributed by atoms with van der Waals surface area (Å²) in [4.78, 5) is 64.5. The Balaban J connectivity index is 3.29. The van der Waals surface area contributed by atoms with E-state index in [1.54, 1.807) is 44.4 Å². The topological polar surface area (TPSA) is 185 Å². The average molecular weight is 619 g/mol. The molecule has 4 unspecified atom stereocenters. The van der Waals surface area contributed by atoms with Crippen LogP contribution < -0.4 is 16.0 Å². The first-order valence-corrected chi connectivity index (χ1v) is 14.6. The molecule has 12 nitrogen and oxygen atoms in total.